The van der Waals surface area contributed by atoms with Gasteiger partial charge in [-0.3, -0.25) is 4.98 Å². The van der Waals surface area contributed by atoms with Gasteiger partial charge in [0.25, 0.3) is 6.01 Å². The van der Waals surface area contributed by atoms with Gasteiger partial charge >= 0.3 is 0 Å². The van der Waals surface area contributed by atoms with Crippen LogP contribution >= 0.6 is 0 Å². The number of anilines is 1. The van der Waals surface area contributed by atoms with Crippen molar-refractivity contribution >= 4 is 28.0 Å². The molecule has 0 saturated carbocycles. The van der Waals surface area contributed by atoms with Crippen LogP contribution in [0.4, 0.5) is 6.01 Å². The van der Waals surface area contributed by atoms with Crippen molar-refractivity contribution in [2.45, 2.75) is 0 Å². The number of nitrogen functional groups attached to an aromatic ring is 1. The number of rotatable bonds is 0. The fourth-order valence-electron chi connectivity index (χ4n) is 1.91. The second-order valence-electron chi connectivity index (χ2n) is 4.22. The van der Waals surface area contributed by atoms with Gasteiger partial charge in [0.2, 0.25) is 0 Å². The number of oxazole rings is 1. The standard InChI is InChI=1S/C9H7N.C7H6N2O/c1-2-6-9-8(4-1)5-3-7-10-9;8-7-9-5-3-1-2-4-6(5)10-7/h1-7H;1-4H,(H2,8,9). The lowest BCUT2D eigenvalue weighted by atomic mass is 10.2. The zero-order valence-corrected chi connectivity index (χ0v) is 10.7. The largest absolute Gasteiger partial charge is 0.424 e. The van der Waals surface area contributed by atoms with Crippen molar-refractivity contribution < 1.29 is 4.42 Å². The Balaban J connectivity index is 0.000000121. The topological polar surface area (TPSA) is 64.9 Å². The molecule has 0 amide bonds. The molecular formula is C16H13N3O. The first-order valence-electron chi connectivity index (χ1n) is 6.24. The Morgan fingerprint density at radius 3 is 2.30 bits per heavy atom. The Labute approximate surface area is 115 Å². The number of pyridine rings is 1. The SMILES string of the molecule is Nc1nc2ccccc2o1.c1ccc2ncccc2c1. The molecule has 0 fully saturated rings. The third kappa shape index (κ3) is 2.59. The summed E-state index contributed by atoms with van der Waals surface area (Å²) in [7, 11) is 0. The lowest BCUT2D eigenvalue weighted by molar-refractivity contribution is 0.626. The van der Waals surface area contributed by atoms with Crippen molar-refractivity contribution in [3.8, 4) is 0 Å². The summed E-state index contributed by atoms with van der Waals surface area (Å²) in [6.45, 7) is 0. The molecule has 2 N–H and O–H groups in total. The van der Waals surface area contributed by atoms with E-state index in [2.05, 4.69) is 22.1 Å². The fraction of sp³-hybridized carbons (Fsp3) is 0. The van der Waals surface area contributed by atoms with Gasteiger partial charge in [0.15, 0.2) is 5.58 Å². The minimum Gasteiger partial charge on any atom is -0.424 e. The van der Waals surface area contributed by atoms with E-state index in [0.717, 1.165) is 16.6 Å². The molecule has 0 unspecified atom stereocenters. The molecule has 4 aromatic rings. The Hall–Kier alpha value is -2.88. The number of aromatic nitrogens is 2. The zero-order chi connectivity index (χ0) is 13.8. The van der Waals surface area contributed by atoms with Crippen LogP contribution in [-0.2, 0) is 0 Å². The number of fused-ring (bicyclic) bond motifs is 2. The number of benzene rings is 2. The van der Waals surface area contributed by atoms with Crippen LogP contribution in [0.3, 0.4) is 0 Å². The van der Waals surface area contributed by atoms with E-state index in [4.69, 9.17) is 10.2 Å². The maximum Gasteiger partial charge on any atom is 0.292 e. The Bertz CT molecular complexity index is 741. The molecule has 4 rings (SSSR count). The molecule has 2 heterocycles. The molecule has 0 saturated heterocycles. The Kier molecular flexibility index (Phi) is 3.29. The zero-order valence-electron chi connectivity index (χ0n) is 10.7. The Morgan fingerprint density at radius 1 is 0.800 bits per heavy atom. The lowest BCUT2D eigenvalue weighted by Crippen LogP contribution is -1.80. The monoisotopic (exact) mass is 263 g/mol. The summed E-state index contributed by atoms with van der Waals surface area (Å²) in [5, 5.41) is 1.20. The van der Waals surface area contributed by atoms with Crippen LogP contribution in [-0.4, -0.2) is 9.97 Å². The van der Waals surface area contributed by atoms with E-state index in [1.54, 1.807) is 0 Å². The summed E-state index contributed by atoms with van der Waals surface area (Å²) >= 11 is 0. The molecule has 98 valence electrons. The molecule has 0 aliphatic heterocycles. The van der Waals surface area contributed by atoms with Crippen molar-refractivity contribution in [2.24, 2.45) is 0 Å². The number of nitrogens with two attached hydrogens (primary N) is 1. The quantitative estimate of drug-likeness (QED) is 0.526. The number of hydrogen-bond acceptors (Lipinski definition) is 4. The molecule has 0 radical (unpaired) electrons. The first-order chi connectivity index (χ1) is 9.83. The highest BCUT2D eigenvalue weighted by Crippen LogP contribution is 2.14. The molecule has 0 bridgehead atoms. The summed E-state index contributed by atoms with van der Waals surface area (Å²) in [5.74, 6) is 0. The van der Waals surface area contributed by atoms with Gasteiger partial charge < -0.3 is 10.2 Å². The van der Waals surface area contributed by atoms with E-state index >= 15 is 0 Å². The van der Waals surface area contributed by atoms with E-state index < -0.39 is 0 Å². The summed E-state index contributed by atoms with van der Waals surface area (Å²) in [6.07, 6.45) is 1.81. The molecule has 4 heteroatoms. The van der Waals surface area contributed by atoms with E-state index in [-0.39, 0.29) is 6.01 Å². The van der Waals surface area contributed by atoms with Crippen LogP contribution in [0.1, 0.15) is 0 Å². The first-order valence-corrected chi connectivity index (χ1v) is 6.24. The van der Waals surface area contributed by atoms with Crippen LogP contribution in [0.15, 0.2) is 71.3 Å². The van der Waals surface area contributed by atoms with E-state index in [1.807, 2.05) is 54.7 Å². The predicted molar refractivity (Wildman–Crippen MR) is 80.2 cm³/mol. The Morgan fingerprint density at radius 2 is 1.50 bits per heavy atom. The van der Waals surface area contributed by atoms with Crippen LogP contribution in [0.25, 0.3) is 22.0 Å². The summed E-state index contributed by atoms with van der Waals surface area (Å²) < 4.78 is 5.03. The van der Waals surface area contributed by atoms with Crippen molar-refractivity contribution in [1.29, 1.82) is 0 Å². The van der Waals surface area contributed by atoms with Crippen molar-refractivity contribution in [3.05, 3.63) is 66.9 Å². The van der Waals surface area contributed by atoms with Crippen LogP contribution in [0.2, 0.25) is 0 Å². The summed E-state index contributed by atoms with van der Waals surface area (Å²) in [4.78, 5) is 8.11. The van der Waals surface area contributed by atoms with Crippen LogP contribution < -0.4 is 5.73 Å². The first kappa shape index (κ1) is 12.2. The van der Waals surface area contributed by atoms with Crippen LogP contribution in [0.5, 0.6) is 0 Å². The normalized spacial score (nSPS) is 10.2. The van der Waals surface area contributed by atoms with Gasteiger partial charge in [-0.15, -0.1) is 0 Å². The number of para-hydroxylation sites is 3. The van der Waals surface area contributed by atoms with Gasteiger partial charge in [-0.05, 0) is 24.3 Å². The molecule has 20 heavy (non-hydrogen) atoms. The van der Waals surface area contributed by atoms with E-state index in [9.17, 15) is 0 Å². The highest BCUT2D eigenvalue weighted by atomic mass is 16.4. The van der Waals surface area contributed by atoms with Crippen molar-refractivity contribution in [3.63, 3.8) is 0 Å². The van der Waals surface area contributed by atoms with E-state index in [0.29, 0.717) is 0 Å². The number of hydrogen-bond donors (Lipinski definition) is 1. The highest BCUT2D eigenvalue weighted by Gasteiger charge is 1.97. The maximum absolute atomic E-state index is 5.31. The third-order valence-corrected chi connectivity index (χ3v) is 2.82. The average molecular weight is 263 g/mol. The van der Waals surface area contributed by atoms with Gasteiger partial charge in [0.05, 0.1) is 5.52 Å². The molecular weight excluding hydrogens is 250 g/mol. The highest BCUT2D eigenvalue weighted by molar-refractivity contribution is 5.77. The molecule has 4 nitrogen and oxygen atoms in total. The average Bonchev–Trinajstić information content (AvgIpc) is 2.88. The predicted octanol–water partition coefficient (Wildman–Crippen LogP) is 3.64. The van der Waals surface area contributed by atoms with Crippen molar-refractivity contribution in [2.75, 3.05) is 5.73 Å². The second kappa shape index (κ2) is 5.40. The summed E-state index contributed by atoms with van der Waals surface area (Å²) in [6, 6.07) is 19.8. The lowest BCUT2D eigenvalue weighted by Gasteiger charge is -1.91. The minimum atomic E-state index is 0.223. The van der Waals surface area contributed by atoms with Crippen LogP contribution in [0, 0.1) is 0 Å². The van der Waals surface area contributed by atoms with Gasteiger partial charge in [-0.1, -0.05) is 36.4 Å². The van der Waals surface area contributed by atoms with Gasteiger partial charge in [0, 0.05) is 11.6 Å². The third-order valence-electron chi connectivity index (χ3n) is 2.82. The van der Waals surface area contributed by atoms with Gasteiger partial charge in [-0.2, -0.15) is 4.98 Å². The molecule has 2 aromatic carbocycles. The smallest absolute Gasteiger partial charge is 0.292 e. The van der Waals surface area contributed by atoms with E-state index in [1.165, 1.54) is 5.39 Å². The number of nitrogens with zero attached hydrogens (tertiary/aromatic N) is 2. The molecule has 0 atom stereocenters. The fourth-order valence-corrected chi connectivity index (χ4v) is 1.91. The van der Waals surface area contributed by atoms with Gasteiger partial charge in [0.1, 0.15) is 5.52 Å². The molecule has 0 aliphatic carbocycles. The van der Waals surface area contributed by atoms with Gasteiger partial charge in [-0.25, -0.2) is 0 Å². The summed E-state index contributed by atoms with van der Waals surface area (Å²) in [5.41, 5.74) is 7.91. The molecule has 0 aliphatic rings. The van der Waals surface area contributed by atoms with Crippen molar-refractivity contribution in [1.82, 2.24) is 9.97 Å². The molecule has 0 spiro atoms. The second-order valence-corrected chi connectivity index (χ2v) is 4.22. The maximum atomic E-state index is 5.31. The molecule has 2 aromatic heterocycles. The minimum absolute atomic E-state index is 0.223.